The number of likely N-dealkylation sites (tertiary alicyclic amines) is 1. The summed E-state index contributed by atoms with van der Waals surface area (Å²) >= 11 is 0. The number of nitrogens with zero attached hydrogens (tertiary/aromatic N) is 3. The van der Waals surface area contributed by atoms with Gasteiger partial charge in [-0.15, -0.1) is 0 Å². The molecule has 0 saturated carbocycles. The van der Waals surface area contributed by atoms with E-state index in [0.29, 0.717) is 18.8 Å². The molecule has 2 fully saturated rings. The van der Waals surface area contributed by atoms with Crippen LogP contribution in [0.1, 0.15) is 23.8 Å². The predicted octanol–water partition coefficient (Wildman–Crippen LogP) is 0.610. The lowest BCUT2D eigenvalue weighted by Crippen LogP contribution is -2.61. The van der Waals surface area contributed by atoms with Gasteiger partial charge in [0.15, 0.2) is 5.69 Å². The van der Waals surface area contributed by atoms with Crippen LogP contribution >= 0.6 is 0 Å². The van der Waals surface area contributed by atoms with Crippen LogP contribution in [0.2, 0.25) is 0 Å². The molecule has 0 N–H and O–H groups in total. The van der Waals surface area contributed by atoms with Crippen LogP contribution in [-0.4, -0.2) is 65.8 Å². The average molecular weight is 265 g/mol. The second kappa shape index (κ2) is 5.30. The molecule has 0 radical (unpaired) electrons. The summed E-state index contributed by atoms with van der Waals surface area (Å²) in [6, 6.07) is 1.75. The first-order valence-corrected chi connectivity index (χ1v) is 6.85. The summed E-state index contributed by atoms with van der Waals surface area (Å²) in [5.74, 6) is -0.0509. The van der Waals surface area contributed by atoms with Crippen molar-refractivity contribution in [2.45, 2.75) is 25.5 Å². The average Bonchev–Trinajstić information content (AvgIpc) is 2.99. The summed E-state index contributed by atoms with van der Waals surface area (Å²) in [5.41, 5.74) is 0.384. The van der Waals surface area contributed by atoms with Crippen molar-refractivity contribution >= 4 is 5.91 Å². The molecule has 2 aliphatic heterocycles. The topological polar surface area (TPSA) is 58.8 Å². The van der Waals surface area contributed by atoms with Crippen molar-refractivity contribution in [2.24, 2.45) is 0 Å². The number of morpholine rings is 1. The van der Waals surface area contributed by atoms with Crippen LogP contribution in [-0.2, 0) is 4.74 Å². The number of hydrogen-bond donors (Lipinski definition) is 0. The minimum absolute atomic E-state index is 0.0509. The van der Waals surface area contributed by atoms with Gasteiger partial charge in [0.1, 0.15) is 6.26 Å². The molecule has 0 aromatic carbocycles. The van der Waals surface area contributed by atoms with Gasteiger partial charge >= 0.3 is 0 Å². The highest BCUT2D eigenvalue weighted by molar-refractivity contribution is 5.92. The molecule has 0 unspecified atom stereocenters. The number of aromatic nitrogens is 1. The van der Waals surface area contributed by atoms with Gasteiger partial charge in [-0.3, -0.25) is 4.79 Å². The third kappa shape index (κ3) is 2.37. The van der Waals surface area contributed by atoms with E-state index in [1.807, 2.05) is 4.90 Å². The van der Waals surface area contributed by atoms with Crippen molar-refractivity contribution in [3.63, 3.8) is 0 Å². The summed E-state index contributed by atoms with van der Waals surface area (Å²) in [6.45, 7) is 6.32. The van der Waals surface area contributed by atoms with E-state index in [-0.39, 0.29) is 18.1 Å². The number of fused-ring (bicyclic) bond motifs is 1. The molecule has 19 heavy (non-hydrogen) atoms. The second-order valence-corrected chi connectivity index (χ2v) is 5.04. The number of piperidine rings is 1. The minimum atomic E-state index is -0.0509. The van der Waals surface area contributed by atoms with Gasteiger partial charge in [0.05, 0.1) is 18.8 Å². The Labute approximate surface area is 112 Å². The SMILES string of the molecule is CCN1CC[C@H]2OCCN(C(=O)c3ccon3)[C@H]2C1. The van der Waals surface area contributed by atoms with Crippen molar-refractivity contribution in [1.29, 1.82) is 0 Å². The molecule has 0 bridgehead atoms. The summed E-state index contributed by atoms with van der Waals surface area (Å²) in [7, 11) is 0. The summed E-state index contributed by atoms with van der Waals surface area (Å²) in [5, 5.41) is 3.75. The fraction of sp³-hybridized carbons (Fsp3) is 0.692. The van der Waals surface area contributed by atoms with Crippen LogP contribution in [0.3, 0.4) is 0 Å². The fourth-order valence-corrected chi connectivity index (χ4v) is 2.95. The molecule has 0 aliphatic carbocycles. The highest BCUT2D eigenvalue weighted by atomic mass is 16.5. The largest absolute Gasteiger partial charge is 0.374 e. The predicted molar refractivity (Wildman–Crippen MR) is 67.8 cm³/mol. The van der Waals surface area contributed by atoms with Crippen molar-refractivity contribution in [1.82, 2.24) is 15.0 Å². The van der Waals surface area contributed by atoms with Crippen molar-refractivity contribution < 1.29 is 14.1 Å². The Hall–Kier alpha value is -1.40. The Morgan fingerprint density at radius 1 is 1.53 bits per heavy atom. The third-order valence-corrected chi connectivity index (χ3v) is 4.03. The van der Waals surface area contributed by atoms with E-state index in [1.165, 1.54) is 6.26 Å². The van der Waals surface area contributed by atoms with Crippen molar-refractivity contribution in [3.8, 4) is 0 Å². The van der Waals surface area contributed by atoms with Gasteiger partial charge in [-0.05, 0) is 13.0 Å². The Kier molecular flexibility index (Phi) is 3.52. The lowest BCUT2D eigenvalue weighted by molar-refractivity contribution is -0.0897. The summed E-state index contributed by atoms with van der Waals surface area (Å²) < 4.78 is 10.6. The molecule has 0 spiro atoms. The fourth-order valence-electron chi connectivity index (χ4n) is 2.95. The molecule has 2 saturated heterocycles. The third-order valence-electron chi connectivity index (χ3n) is 4.03. The Morgan fingerprint density at radius 3 is 3.16 bits per heavy atom. The Bertz CT molecular complexity index is 434. The molecule has 6 nitrogen and oxygen atoms in total. The normalized spacial score (nSPS) is 28.2. The van der Waals surface area contributed by atoms with Crippen LogP contribution in [0.15, 0.2) is 16.9 Å². The molecular formula is C13H19N3O3. The van der Waals surface area contributed by atoms with E-state index in [0.717, 1.165) is 26.1 Å². The monoisotopic (exact) mass is 265 g/mol. The zero-order valence-electron chi connectivity index (χ0n) is 11.1. The molecule has 3 heterocycles. The van der Waals surface area contributed by atoms with Gasteiger partial charge < -0.3 is 19.1 Å². The second-order valence-electron chi connectivity index (χ2n) is 5.04. The molecule has 1 aromatic rings. The Balaban J connectivity index is 1.78. The molecule has 6 heteroatoms. The Morgan fingerprint density at radius 2 is 2.42 bits per heavy atom. The maximum atomic E-state index is 12.4. The zero-order chi connectivity index (χ0) is 13.2. The van der Waals surface area contributed by atoms with E-state index in [1.54, 1.807) is 6.07 Å². The van der Waals surface area contributed by atoms with Gasteiger partial charge in [-0.25, -0.2) is 0 Å². The number of carbonyl (C=O) groups excluding carboxylic acids is 1. The summed E-state index contributed by atoms with van der Waals surface area (Å²) in [4.78, 5) is 16.7. The standard InChI is InChI=1S/C13H19N3O3/c1-2-15-5-3-12-11(9-15)16(6-8-18-12)13(17)10-4-7-19-14-10/h4,7,11-12H,2-3,5-6,8-9H2,1H3/t11-,12+/m0/s1. The zero-order valence-corrected chi connectivity index (χ0v) is 11.1. The van der Waals surface area contributed by atoms with E-state index in [4.69, 9.17) is 9.26 Å². The lowest BCUT2D eigenvalue weighted by atomic mass is 9.98. The van der Waals surface area contributed by atoms with Crippen LogP contribution < -0.4 is 0 Å². The highest BCUT2D eigenvalue weighted by Gasteiger charge is 2.39. The molecule has 3 rings (SSSR count). The van der Waals surface area contributed by atoms with E-state index in [9.17, 15) is 4.79 Å². The molecule has 104 valence electrons. The van der Waals surface area contributed by atoms with Gasteiger partial charge in [0, 0.05) is 25.7 Å². The minimum Gasteiger partial charge on any atom is -0.374 e. The van der Waals surface area contributed by atoms with Crippen LogP contribution in [0.5, 0.6) is 0 Å². The van der Waals surface area contributed by atoms with Crippen LogP contribution in [0.25, 0.3) is 0 Å². The molecule has 1 aromatic heterocycles. The van der Waals surface area contributed by atoms with Gasteiger partial charge in [-0.2, -0.15) is 0 Å². The summed E-state index contributed by atoms with van der Waals surface area (Å²) in [6.07, 6.45) is 2.58. The van der Waals surface area contributed by atoms with Crippen LogP contribution in [0, 0.1) is 0 Å². The first-order chi connectivity index (χ1) is 9.29. The van der Waals surface area contributed by atoms with Crippen molar-refractivity contribution in [3.05, 3.63) is 18.0 Å². The number of hydrogen-bond acceptors (Lipinski definition) is 5. The highest BCUT2D eigenvalue weighted by Crippen LogP contribution is 2.24. The van der Waals surface area contributed by atoms with Crippen LogP contribution in [0.4, 0.5) is 0 Å². The first-order valence-electron chi connectivity index (χ1n) is 6.85. The van der Waals surface area contributed by atoms with Gasteiger partial charge in [0.25, 0.3) is 5.91 Å². The number of carbonyl (C=O) groups is 1. The molecule has 2 atom stereocenters. The van der Waals surface area contributed by atoms with Gasteiger partial charge in [-0.1, -0.05) is 12.1 Å². The maximum Gasteiger partial charge on any atom is 0.276 e. The number of ether oxygens (including phenoxy) is 1. The molecular weight excluding hydrogens is 246 g/mol. The van der Waals surface area contributed by atoms with E-state index >= 15 is 0 Å². The first kappa shape index (κ1) is 12.6. The quantitative estimate of drug-likeness (QED) is 0.784. The number of amides is 1. The number of likely N-dealkylation sites (N-methyl/N-ethyl adjacent to an activating group) is 1. The smallest absolute Gasteiger partial charge is 0.276 e. The molecule has 2 aliphatic rings. The van der Waals surface area contributed by atoms with Crippen molar-refractivity contribution in [2.75, 3.05) is 32.8 Å². The lowest BCUT2D eigenvalue weighted by Gasteiger charge is -2.46. The van der Waals surface area contributed by atoms with E-state index in [2.05, 4.69) is 17.0 Å². The van der Waals surface area contributed by atoms with Gasteiger partial charge in [0.2, 0.25) is 0 Å². The maximum absolute atomic E-state index is 12.4. The number of rotatable bonds is 2. The molecule has 1 amide bonds. The van der Waals surface area contributed by atoms with E-state index < -0.39 is 0 Å².